The van der Waals surface area contributed by atoms with Crippen LogP contribution >= 0.6 is 0 Å². The maximum atomic E-state index is 14.4. The summed E-state index contributed by atoms with van der Waals surface area (Å²) < 4.78 is 0. The number of carbonyl (C=O) groups is 3. The molecule has 1 fully saturated rings. The lowest BCUT2D eigenvalue weighted by molar-refractivity contribution is -0.154. The van der Waals surface area contributed by atoms with E-state index in [0.717, 1.165) is 22.3 Å². The molecule has 4 aromatic carbocycles. The zero-order valence-electron chi connectivity index (χ0n) is 22.4. The molecular weight excluding hydrogens is 512 g/mol. The molecule has 2 aliphatic heterocycles. The zero-order chi connectivity index (χ0) is 28.3. The van der Waals surface area contributed by atoms with Crippen molar-refractivity contribution < 1.29 is 19.5 Å². The van der Waals surface area contributed by atoms with E-state index in [1.54, 1.807) is 4.90 Å². The van der Waals surface area contributed by atoms with Gasteiger partial charge in [-0.15, -0.1) is 0 Å². The number of aliphatic carboxylic acids is 1. The van der Waals surface area contributed by atoms with E-state index in [1.165, 1.54) is 4.90 Å². The first-order chi connectivity index (χ1) is 20.0. The maximum Gasteiger partial charge on any atom is 0.332 e. The number of carboxylic acid groups (broad SMARTS) is 1. The minimum atomic E-state index is -1.27. The van der Waals surface area contributed by atoms with Crippen LogP contribution in [0.3, 0.4) is 0 Å². The summed E-state index contributed by atoms with van der Waals surface area (Å²) in [5.41, 5.74) is 3.62. The van der Waals surface area contributed by atoms with Gasteiger partial charge < -0.3 is 14.9 Å². The Bertz CT molecular complexity index is 1490. The van der Waals surface area contributed by atoms with Gasteiger partial charge in [-0.3, -0.25) is 9.59 Å². The lowest BCUT2D eigenvalue weighted by Gasteiger charge is -2.45. The van der Waals surface area contributed by atoms with Gasteiger partial charge in [-0.05, 0) is 28.7 Å². The highest BCUT2D eigenvalue weighted by Gasteiger charge is 2.50. The predicted molar refractivity (Wildman–Crippen MR) is 156 cm³/mol. The van der Waals surface area contributed by atoms with E-state index in [2.05, 4.69) is 0 Å². The molecule has 204 valence electrons. The molecule has 6 rings (SSSR count). The van der Waals surface area contributed by atoms with Crippen molar-refractivity contribution in [3.05, 3.63) is 155 Å². The molecule has 2 atom stereocenters. The van der Waals surface area contributed by atoms with Crippen molar-refractivity contribution >= 4 is 17.8 Å². The van der Waals surface area contributed by atoms with Gasteiger partial charge in [0.2, 0.25) is 11.8 Å². The second kappa shape index (κ2) is 11.3. The number of amides is 2. The Hall–Kier alpha value is -4.97. The molecule has 2 heterocycles. The van der Waals surface area contributed by atoms with Gasteiger partial charge in [0.1, 0.15) is 0 Å². The van der Waals surface area contributed by atoms with Gasteiger partial charge in [0.15, 0.2) is 6.04 Å². The fraction of sp³-hybridized carbons (Fsp3) is 0.171. The summed E-state index contributed by atoms with van der Waals surface area (Å²) in [6.07, 6.45) is 2.31. The van der Waals surface area contributed by atoms with Crippen LogP contribution in [0.5, 0.6) is 0 Å². The predicted octanol–water partition coefficient (Wildman–Crippen LogP) is 5.43. The SMILES string of the molecule is O=C(O)[C@@H]1C2=CC[C@@H](CN1C(=O)C(c1ccccc1)c1ccccc1)N2C(=O)C(c1ccccc1)c1ccccc1. The Morgan fingerprint density at radius 1 is 0.610 bits per heavy atom. The fourth-order valence-electron chi connectivity index (χ4n) is 6.19. The normalized spacial score (nSPS) is 18.0. The van der Waals surface area contributed by atoms with Crippen molar-refractivity contribution in [1.29, 1.82) is 0 Å². The largest absolute Gasteiger partial charge is 0.479 e. The first-order valence-electron chi connectivity index (χ1n) is 13.8. The first-order valence-corrected chi connectivity index (χ1v) is 13.8. The lowest BCUT2D eigenvalue weighted by atomic mass is 9.87. The van der Waals surface area contributed by atoms with E-state index in [0.29, 0.717) is 12.1 Å². The number of piperazine rings is 1. The Kier molecular flexibility index (Phi) is 7.21. The highest BCUT2D eigenvalue weighted by atomic mass is 16.4. The molecule has 0 saturated carbocycles. The highest BCUT2D eigenvalue weighted by Crippen LogP contribution is 2.40. The third kappa shape index (κ3) is 4.93. The minimum Gasteiger partial charge on any atom is -0.479 e. The van der Waals surface area contributed by atoms with E-state index in [9.17, 15) is 19.5 Å². The number of hydrogen-bond acceptors (Lipinski definition) is 3. The van der Waals surface area contributed by atoms with Crippen LogP contribution in [0.4, 0.5) is 0 Å². The number of carbonyl (C=O) groups excluding carboxylic acids is 2. The van der Waals surface area contributed by atoms with E-state index in [1.807, 2.05) is 127 Å². The Balaban J connectivity index is 1.37. The molecule has 0 aliphatic carbocycles. The van der Waals surface area contributed by atoms with Crippen LogP contribution < -0.4 is 0 Å². The standard InChI is InChI=1S/C35H30N2O4/c38-33(30(24-13-5-1-6-14-24)25-15-7-2-8-16-25)36-23-28-21-22-29(32(36)35(40)41)37(28)34(39)31(26-17-9-3-10-18-26)27-19-11-4-12-20-27/h1-20,22,28,30-32H,21,23H2,(H,40,41)/t28-,32-/m0/s1. The van der Waals surface area contributed by atoms with Crippen LogP contribution in [-0.2, 0) is 14.4 Å². The summed E-state index contributed by atoms with van der Waals surface area (Å²) in [6, 6.07) is 36.3. The zero-order valence-corrected chi connectivity index (χ0v) is 22.4. The molecule has 2 amide bonds. The second-order valence-corrected chi connectivity index (χ2v) is 10.5. The Morgan fingerprint density at radius 3 is 1.39 bits per heavy atom. The van der Waals surface area contributed by atoms with E-state index in [-0.39, 0.29) is 24.4 Å². The number of carboxylic acids is 1. The number of fused-ring (bicyclic) bond motifs is 2. The van der Waals surface area contributed by atoms with E-state index >= 15 is 0 Å². The Morgan fingerprint density at radius 2 is 1.00 bits per heavy atom. The average Bonchev–Trinajstić information content (AvgIpc) is 3.31. The summed E-state index contributed by atoms with van der Waals surface area (Å²) >= 11 is 0. The second-order valence-electron chi connectivity index (χ2n) is 10.5. The molecule has 41 heavy (non-hydrogen) atoms. The number of benzene rings is 4. The Labute approximate surface area is 239 Å². The summed E-state index contributed by atoms with van der Waals surface area (Å²) in [7, 11) is 0. The van der Waals surface area contributed by atoms with Crippen LogP contribution in [0.2, 0.25) is 0 Å². The van der Waals surface area contributed by atoms with Crippen molar-refractivity contribution in [3.63, 3.8) is 0 Å². The van der Waals surface area contributed by atoms with Gasteiger partial charge in [-0.25, -0.2) is 4.79 Å². The van der Waals surface area contributed by atoms with Crippen LogP contribution in [0.1, 0.15) is 40.5 Å². The topological polar surface area (TPSA) is 77.9 Å². The van der Waals surface area contributed by atoms with Gasteiger partial charge in [0.05, 0.1) is 23.6 Å². The van der Waals surface area contributed by atoms with Crippen molar-refractivity contribution in [1.82, 2.24) is 9.80 Å². The van der Waals surface area contributed by atoms with Crippen molar-refractivity contribution in [2.75, 3.05) is 6.54 Å². The molecule has 0 aromatic heterocycles. The first kappa shape index (κ1) is 26.3. The molecule has 2 bridgehead atoms. The molecule has 0 spiro atoms. The van der Waals surface area contributed by atoms with Crippen LogP contribution in [0.25, 0.3) is 0 Å². The van der Waals surface area contributed by atoms with Crippen LogP contribution in [-0.4, -0.2) is 51.3 Å². The molecule has 0 radical (unpaired) electrons. The van der Waals surface area contributed by atoms with Crippen molar-refractivity contribution in [3.8, 4) is 0 Å². The molecule has 2 aliphatic rings. The maximum absolute atomic E-state index is 14.4. The summed E-state index contributed by atoms with van der Waals surface area (Å²) in [5, 5.41) is 10.5. The van der Waals surface area contributed by atoms with Gasteiger partial charge >= 0.3 is 5.97 Å². The van der Waals surface area contributed by atoms with Gasteiger partial charge in [-0.2, -0.15) is 0 Å². The molecular formula is C35H30N2O4. The molecule has 1 saturated heterocycles. The van der Waals surface area contributed by atoms with Crippen molar-refractivity contribution in [2.24, 2.45) is 0 Å². The third-order valence-electron chi connectivity index (χ3n) is 8.02. The average molecular weight is 543 g/mol. The summed E-state index contributed by atoms with van der Waals surface area (Å²) in [6.45, 7) is 0.133. The van der Waals surface area contributed by atoms with Gasteiger partial charge in [0.25, 0.3) is 0 Å². The van der Waals surface area contributed by atoms with Gasteiger partial charge in [-0.1, -0.05) is 127 Å². The summed E-state index contributed by atoms with van der Waals surface area (Å²) in [5.74, 6) is -2.89. The van der Waals surface area contributed by atoms with E-state index in [4.69, 9.17) is 0 Å². The minimum absolute atomic E-state index is 0.133. The molecule has 0 unspecified atom stereocenters. The lowest BCUT2D eigenvalue weighted by Crippen LogP contribution is -2.61. The van der Waals surface area contributed by atoms with Gasteiger partial charge in [0, 0.05) is 6.54 Å². The number of nitrogens with zero attached hydrogens (tertiary/aromatic N) is 2. The quantitative estimate of drug-likeness (QED) is 0.338. The smallest absolute Gasteiger partial charge is 0.332 e. The summed E-state index contributed by atoms with van der Waals surface area (Å²) in [4.78, 5) is 44.7. The number of rotatable bonds is 7. The van der Waals surface area contributed by atoms with Crippen LogP contribution in [0.15, 0.2) is 133 Å². The fourth-order valence-corrected chi connectivity index (χ4v) is 6.19. The monoisotopic (exact) mass is 542 g/mol. The number of hydrogen-bond donors (Lipinski definition) is 1. The molecule has 6 nitrogen and oxygen atoms in total. The molecule has 1 N–H and O–H groups in total. The third-order valence-corrected chi connectivity index (χ3v) is 8.02. The van der Waals surface area contributed by atoms with Crippen LogP contribution in [0, 0.1) is 0 Å². The highest BCUT2D eigenvalue weighted by molar-refractivity contribution is 5.95. The molecule has 6 heteroatoms. The van der Waals surface area contributed by atoms with E-state index < -0.39 is 23.8 Å². The molecule has 4 aromatic rings. The van der Waals surface area contributed by atoms with Crippen molar-refractivity contribution in [2.45, 2.75) is 30.3 Å².